The van der Waals surface area contributed by atoms with E-state index in [0.717, 1.165) is 18.6 Å². The van der Waals surface area contributed by atoms with Gasteiger partial charge in [0.15, 0.2) is 0 Å². The number of carbonyl (C=O) groups excluding carboxylic acids is 2. The zero-order valence-corrected chi connectivity index (χ0v) is 19.2. The normalized spacial score (nSPS) is 53.6. The van der Waals surface area contributed by atoms with E-state index in [1.807, 2.05) is 0 Å². The van der Waals surface area contributed by atoms with E-state index < -0.39 is 0 Å². The zero-order chi connectivity index (χ0) is 20.9. The topological polar surface area (TPSA) is 34.1 Å². The van der Waals surface area contributed by atoms with Crippen molar-refractivity contribution in [3.63, 3.8) is 0 Å². The molecule has 0 aromatic rings. The minimum atomic E-state index is -0.110. The SMILES string of the molecule is C[C@H](/C=C/C=O)[C@H]1CC[C@@]2(C)[C@@H]3CC[C@H]4C(C)(C)C(=O)CC[C@@]45C[C@@]35CC[C@]12C. The monoisotopic (exact) mass is 396 g/mol. The largest absolute Gasteiger partial charge is 0.299 e. The maximum absolute atomic E-state index is 12.8. The average molecular weight is 397 g/mol. The molecule has 0 amide bonds. The molecular weight excluding hydrogens is 356 g/mol. The molecule has 2 heteroatoms. The first-order valence-corrected chi connectivity index (χ1v) is 12.2. The maximum atomic E-state index is 12.8. The summed E-state index contributed by atoms with van der Waals surface area (Å²) in [6, 6.07) is 0. The van der Waals surface area contributed by atoms with Crippen molar-refractivity contribution < 1.29 is 9.59 Å². The molecule has 2 spiro atoms. The lowest BCUT2D eigenvalue weighted by Gasteiger charge is -2.62. The van der Waals surface area contributed by atoms with Crippen LogP contribution in [0.5, 0.6) is 0 Å². The summed E-state index contributed by atoms with van der Waals surface area (Å²) in [5, 5.41) is 0. The van der Waals surface area contributed by atoms with Gasteiger partial charge in [-0.2, -0.15) is 0 Å². The lowest BCUT2D eigenvalue weighted by Crippen LogP contribution is -2.57. The van der Waals surface area contributed by atoms with Crippen molar-refractivity contribution in [2.24, 2.45) is 50.7 Å². The Morgan fingerprint density at radius 1 is 0.897 bits per heavy atom. The van der Waals surface area contributed by atoms with E-state index in [1.54, 1.807) is 6.08 Å². The summed E-state index contributed by atoms with van der Waals surface area (Å²) < 4.78 is 0. The standard InChI is InChI=1S/C27H40O2/c1-18(7-6-16-28)19-10-12-25(5)21-9-8-20-23(2,3)22(29)11-13-26(20)17-27(21,26)15-14-24(19,25)4/h6-7,16,18-21H,8-15,17H2,1-5H3/b7-6+/t18-,19-,20+,21+,24-,25+,26-,27+/m1/s1. The van der Waals surface area contributed by atoms with Crippen LogP contribution in [-0.2, 0) is 9.59 Å². The van der Waals surface area contributed by atoms with Gasteiger partial charge in [-0.25, -0.2) is 0 Å². The Bertz CT molecular complexity index is 779. The van der Waals surface area contributed by atoms with Gasteiger partial charge < -0.3 is 0 Å². The first-order valence-electron chi connectivity index (χ1n) is 12.2. The summed E-state index contributed by atoms with van der Waals surface area (Å²) in [6.45, 7) is 12.1. The zero-order valence-electron chi connectivity index (χ0n) is 19.2. The van der Waals surface area contributed by atoms with Crippen molar-refractivity contribution in [3.8, 4) is 0 Å². The van der Waals surface area contributed by atoms with E-state index in [1.165, 1.54) is 51.4 Å². The van der Waals surface area contributed by atoms with Crippen LogP contribution in [0.2, 0.25) is 0 Å². The van der Waals surface area contributed by atoms with Crippen LogP contribution in [0.1, 0.15) is 92.4 Å². The molecule has 0 saturated heterocycles. The van der Waals surface area contributed by atoms with Gasteiger partial charge in [0, 0.05) is 11.8 Å². The van der Waals surface area contributed by atoms with E-state index in [0.29, 0.717) is 45.2 Å². The second-order valence-electron chi connectivity index (χ2n) is 12.7. The van der Waals surface area contributed by atoms with E-state index >= 15 is 0 Å². The molecule has 160 valence electrons. The Morgan fingerprint density at radius 3 is 2.31 bits per heavy atom. The van der Waals surface area contributed by atoms with Gasteiger partial charge in [-0.1, -0.05) is 40.7 Å². The lowest BCUT2D eigenvalue weighted by molar-refractivity contribution is -0.156. The molecule has 5 aliphatic carbocycles. The smallest absolute Gasteiger partial charge is 0.142 e. The minimum absolute atomic E-state index is 0.110. The number of allylic oxidation sites excluding steroid dienone is 2. The molecule has 0 radical (unpaired) electrons. The Morgan fingerprint density at radius 2 is 1.59 bits per heavy atom. The van der Waals surface area contributed by atoms with Crippen molar-refractivity contribution in [1.29, 1.82) is 0 Å². The number of ketones is 1. The Hall–Kier alpha value is -0.920. The molecule has 8 atom stereocenters. The first kappa shape index (κ1) is 20.0. The summed E-state index contributed by atoms with van der Waals surface area (Å²) >= 11 is 0. The van der Waals surface area contributed by atoms with Crippen molar-refractivity contribution >= 4 is 12.1 Å². The highest BCUT2D eigenvalue weighted by molar-refractivity contribution is 5.86. The van der Waals surface area contributed by atoms with Gasteiger partial charge in [-0.3, -0.25) is 9.59 Å². The fourth-order valence-corrected chi connectivity index (χ4v) is 10.4. The summed E-state index contributed by atoms with van der Waals surface area (Å²) in [4.78, 5) is 23.6. The number of fused-ring (bicyclic) bond motifs is 2. The van der Waals surface area contributed by atoms with Gasteiger partial charge in [0.2, 0.25) is 0 Å². The van der Waals surface area contributed by atoms with Crippen molar-refractivity contribution in [2.45, 2.75) is 92.4 Å². The number of rotatable bonds is 3. The third-order valence-electron chi connectivity index (χ3n) is 12.0. The number of Topliss-reactive ketones (excluding diaryl/α,β-unsaturated/α-hetero) is 1. The Labute approximate surface area is 177 Å². The van der Waals surface area contributed by atoms with Gasteiger partial charge in [-0.15, -0.1) is 0 Å². The molecule has 0 aromatic heterocycles. The van der Waals surface area contributed by atoms with E-state index in [-0.39, 0.29) is 5.41 Å². The van der Waals surface area contributed by atoms with Crippen LogP contribution in [-0.4, -0.2) is 12.1 Å². The van der Waals surface area contributed by atoms with Crippen molar-refractivity contribution in [2.75, 3.05) is 0 Å². The van der Waals surface area contributed by atoms with Gasteiger partial charge in [-0.05, 0) is 103 Å². The predicted molar refractivity (Wildman–Crippen MR) is 116 cm³/mol. The van der Waals surface area contributed by atoms with E-state index in [2.05, 4.69) is 40.7 Å². The quantitative estimate of drug-likeness (QED) is 0.409. The molecule has 0 N–H and O–H groups in total. The predicted octanol–water partition coefficient (Wildman–Crippen LogP) is 6.39. The highest BCUT2D eigenvalue weighted by Gasteiger charge is 2.82. The fourth-order valence-electron chi connectivity index (χ4n) is 10.4. The molecule has 0 aliphatic heterocycles. The highest BCUT2D eigenvalue weighted by atomic mass is 16.1. The van der Waals surface area contributed by atoms with Crippen molar-refractivity contribution in [1.82, 2.24) is 0 Å². The third kappa shape index (κ3) is 2.15. The fraction of sp³-hybridized carbons (Fsp3) is 0.852. The molecule has 0 bridgehead atoms. The Balaban J connectivity index is 1.49. The molecule has 5 aliphatic rings. The summed E-state index contributed by atoms with van der Waals surface area (Å²) in [6.07, 6.45) is 16.2. The van der Waals surface area contributed by atoms with Crippen LogP contribution >= 0.6 is 0 Å². The van der Waals surface area contributed by atoms with E-state index in [4.69, 9.17) is 0 Å². The average Bonchev–Trinajstić information content (AvgIpc) is 3.26. The first-order chi connectivity index (χ1) is 13.6. The van der Waals surface area contributed by atoms with Gasteiger partial charge in [0.25, 0.3) is 0 Å². The van der Waals surface area contributed by atoms with Gasteiger partial charge in [0.1, 0.15) is 12.1 Å². The summed E-state index contributed by atoms with van der Waals surface area (Å²) in [5.74, 6) is 3.15. The molecule has 0 aromatic carbocycles. The van der Waals surface area contributed by atoms with Gasteiger partial charge in [0.05, 0.1) is 0 Å². The number of hydrogen-bond acceptors (Lipinski definition) is 2. The lowest BCUT2D eigenvalue weighted by atomic mass is 9.42. The van der Waals surface area contributed by atoms with Crippen LogP contribution in [0.15, 0.2) is 12.2 Å². The molecule has 2 nitrogen and oxygen atoms in total. The second kappa shape index (κ2) is 5.86. The molecular formula is C27H40O2. The third-order valence-corrected chi connectivity index (χ3v) is 12.0. The minimum Gasteiger partial charge on any atom is -0.299 e. The molecule has 0 heterocycles. The van der Waals surface area contributed by atoms with Crippen molar-refractivity contribution in [3.05, 3.63) is 12.2 Å². The van der Waals surface area contributed by atoms with Gasteiger partial charge >= 0.3 is 0 Å². The number of carbonyl (C=O) groups is 2. The molecule has 29 heavy (non-hydrogen) atoms. The summed E-state index contributed by atoms with van der Waals surface area (Å²) in [7, 11) is 0. The van der Waals surface area contributed by atoms with Crippen LogP contribution in [0.4, 0.5) is 0 Å². The molecule has 5 fully saturated rings. The Kier molecular flexibility index (Phi) is 4.04. The number of hydrogen-bond donors (Lipinski definition) is 0. The number of aldehydes is 1. The summed E-state index contributed by atoms with van der Waals surface area (Å²) in [5.41, 5.74) is 1.68. The van der Waals surface area contributed by atoms with E-state index in [9.17, 15) is 9.59 Å². The van der Waals surface area contributed by atoms with Crippen LogP contribution in [0.3, 0.4) is 0 Å². The maximum Gasteiger partial charge on any atom is 0.142 e. The molecule has 0 unspecified atom stereocenters. The molecule has 5 rings (SSSR count). The molecule has 5 saturated carbocycles. The second-order valence-corrected chi connectivity index (χ2v) is 12.7. The highest BCUT2D eigenvalue weighted by Crippen LogP contribution is 2.88. The van der Waals surface area contributed by atoms with Crippen LogP contribution < -0.4 is 0 Å². The van der Waals surface area contributed by atoms with Crippen LogP contribution in [0, 0.1) is 50.7 Å². The van der Waals surface area contributed by atoms with Crippen LogP contribution in [0.25, 0.3) is 0 Å².